The Kier molecular flexibility index (Phi) is 3.82. The number of anilines is 2. The second-order valence-electron chi connectivity index (χ2n) is 5.28. The number of aromatic nitrogens is 1. The first-order chi connectivity index (χ1) is 11.3. The van der Waals surface area contributed by atoms with Gasteiger partial charge in [-0.15, -0.1) is 0 Å². The van der Waals surface area contributed by atoms with Crippen LogP contribution in [0.15, 0.2) is 30.3 Å². The molecule has 1 amide bonds. The number of nitrogens with zero attached hydrogens (tertiary/aromatic N) is 2. The molecule has 0 unspecified atom stereocenters. The normalized spacial score (nSPS) is 14.2. The molecule has 24 heavy (non-hydrogen) atoms. The van der Waals surface area contributed by atoms with Crippen LogP contribution in [0.5, 0.6) is 5.88 Å². The van der Waals surface area contributed by atoms with Crippen LogP contribution in [0.3, 0.4) is 0 Å². The lowest BCUT2D eigenvalue weighted by molar-refractivity contribution is -0.137. The molecule has 0 saturated carbocycles. The molecular weight excluding hydrogens is 323 g/mol. The predicted octanol–water partition coefficient (Wildman–Crippen LogP) is 3.45. The van der Waals surface area contributed by atoms with Gasteiger partial charge in [0.2, 0.25) is 5.88 Å². The number of methoxy groups -OCH3 is 1. The number of pyridine rings is 1. The molecule has 0 saturated heterocycles. The van der Waals surface area contributed by atoms with Crippen LogP contribution in [-0.4, -0.2) is 24.7 Å². The van der Waals surface area contributed by atoms with E-state index in [-0.39, 0.29) is 12.2 Å². The van der Waals surface area contributed by atoms with Crippen molar-refractivity contribution in [2.45, 2.75) is 13.1 Å². The molecule has 1 aliphatic heterocycles. The van der Waals surface area contributed by atoms with Crippen LogP contribution < -0.4 is 15.0 Å². The van der Waals surface area contributed by atoms with E-state index in [0.29, 0.717) is 22.9 Å². The van der Waals surface area contributed by atoms with Gasteiger partial charge in [-0.2, -0.15) is 13.2 Å². The highest BCUT2D eigenvalue weighted by Gasteiger charge is 2.34. The van der Waals surface area contributed by atoms with E-state index in [2.05, 4.69) is 10.3 Å². The van der Waals surface area contributed by atoms with E-state index in [1.165, 1.54) is 18.1 Å². The number of nitrogens with one attached hydrogen (secondary N) is 1. The van der Waals surface area contributed by atoms with Crippen LogP contribution in [0.2, 0.25) is 0 Å². The van der Waals surface area contributed by atoms with Gasteiger partial charge in [0.15, 0.2) is 0 Å². The van der Waals surface area contributed by atoms with Crippen molar-refractivity contribution >= 4 is 17.3 Å². The zero-order valence-electron chi connectivity index (χ0n) is 12.9. The highest BCUT2D eigenvalue weighted by molar-refractivity contribution is 6.11. The molecule has 3 rings (SSSR count). The second kappa shape index (κ2) is 5.70. The lowest BCUT2D eigenvalue weighted by atomic mass is 10.0. The third-order valence-electron chi connectivity index (χ3n) is 3.78. The van der Waals surface area contributed by atoms with Crippen LogP contribution >= 0.6 is 0 Å². The summed E-state index contributed by atoms with van der Waals surface area (Å²) >= 11 is 0. The molecule has 2 aromatic rings. The van der Waals surface area contributed by atoms with Crippen molar-refractivity contribution < 1.29 is 22.7 Å². The zero-order chi connectivity index (χ0) is 17.5. The maximum Gasteiger partial charge on any atom is 0.416 e. The first-order valence-electron chi connectivity index (χ1n) is 7.10. The molecule has 0 spiro atoms. The predicted molar refractivity (Wildman–Crippen MR) is 82.3 cm³/mol. The Balaban J connectivity index is 2.00. The van der Waals surface area contributed by atoms with Crippen LogP contribution in [-0.2, 0) is 6.18 Å². The number of fused-ring (bicyclic) bond motifs is 1. The van der Waals surface area contributed by atoms with Gasteiger partial charge < -0.3 is 10.1 Å². The number of carbonyl (C=O) groups is 1. The Morgan fingerprint density at radius 1 is 1.25 bits per heavy atom. The summed E-state index contributed by atoms with van der Waals surface area (Å²) in [6, 6.07) is 6.33. The van der Waals surface area contributed by atoms with Crippen LogP contribution in [0.25, 0.3) is 0 Å². The Hall–Kier alpha value is -2.77. The Morgan fingerprint density at radius 3 is 2.62 bits per heavy atom. The van der Waals surface area contributed by atoms with Gasteiger partial charge in [-0.05, 0) is 31.2 Å². The number of alkyl halides is 3. The maximum absolute atomic E-state index is 12.9. The topological polar surface area (TPSA) is 54.5 Å². The minimum atomic E-state index is -4.50. The number of hydrogen-bond acceptors (Lipinski definition) is 4. The Morgan fingerprint density at radius 2 is 2.00 bits per heavy atom. The molecule has 0 aliphatic carbocycles. The highest BCUT2D eigenvalue weighted by Crippen LogP contribution is 2.34. The maximum atomic E-state index is 12.9. The van der Waals surface area contributed by atoms with Gasteiger partial charge in [0.1, 0.15) is 0 Å². The van der Waals surface area contributed by atoms with E-state index in [9.17, 15) is 18.0 Å². The zero-order valence-corrected chi connectivity index (χ0v) is 12.9. The fraction of sp³-hybridized carbons (Fsp3) is 0.250. The van der Waals surface area contributed by atoms with Crippen molar-refractivity contribution in [3.05, 3.63) is 47.2 Å². The van der Waals surface area contributed by atoms with Gasteiger partial charge in [0.25, 0.3) is 5.91 Å². The Labute approximate surface area is 136 Å². The average Bonchev–Trinajstić information content (AvgIpc) is 2.54. The molecule has 1 aromatic carbocycles. The molecular formula is C16H14F3N3O2. The molecule has 8 heteroatoms. The summed E-state index contributed by atoms with van der Waals surface area (Å²) in [4.78, 5) is 18.2. The number of carbonyl (C=O) groups excluding carboxylic acids is 1. The van der Waals surface area contributed by atoms with Crippen molar-refractivity contribution in [3.63, 3.8) is 0 Å². The number of rotatable bonds is 2. The first-order valence-corrected chi connectivity index (χ1v) is 7.10. The van der Waals surface area contributed by atoms with Gasteiger partial charge in [-0.1, -0.05) is 0 Å². The number of hydrogen-bond donors (Lipinski definition) is 1. The fourth-order valence-electron chi connectivity index (χ4n) is 2.56. The van der Waals surface area contributed by atoms with E-state index >= 15 is 0 Å². The third kappa shape index (κ3) is 2.75. The van der Waals surface area contributed by atoms with E-state index in [1.807, 2.05) is 0 Å². The van der Waals surface area contributed by atoms with Crippen LogP contribution in [0.4, 0.5) is 24.5 Å². The summed E-state index contributed by atoms with van der Waals surface area (Å²) in [7, 11) is 1.48. The van der Waals surface area contributed by atoms with Crippen molar-refractivity contribution in [2.24, 2.45) is 0 Å². The highest BCUT2D eigenvalue weighted by atomic mass is 19.4. The quantitative estimate of drug-likeness (QED) is 0.912. The molecule has 5 nitrogen and oxygen atoms in total. The van der Waals surface area contributed by atoms with Crippen molar-refractivity contribution in [3.8, 4) is 5.88 Å². The van der Waals surface area contributed by atoms with Crippen molar-refractivity contribution in [1.82, 2.24) is 4.98 Å². The van der Waals surface area contributed by atoms with E-state index in [1.54, 1.807) is 19.1 Å². The average molecular weight is 337 g/mol. The van der Waals surface area contributed by atoms with Gasteiger partial charge >= 0.3 is 6.18 Å². The standard InChI is InChI=1S/C16H14F3N3O2/c1-9-13(5-6-14(21-9)24-2)22-8-20-12-4-3-10(16(17,18)19)7-11(12)15(22)23/h3-7,20H,8H2,1-2H3. The van der Waals surface area contributed by atoms with Crippen LogP contribution in [0.1, 0.15) is 21.6 Å². The number of amides is 1. The van der Waals surface area contributed by atoms with Gasteiger partial charge in [-0.3, -0.25) is 9.69 Å². The van der Waals surface area contributed by atoms with E-state index < -0.39 is 17.6 Å². The monoisotopic (exact) mass is 337 g/mol. The second-order valence-corrected chi connectivity index (χ2v) is 5.28. The molecule has 1 aliphatic rings. The SMILES string of the molecule is COc1ccc(N2CNc3ccc(C(F)(F)F)cc3C2=O)c(C)n1. The number of ether oxygens (including phenoxy) is 1. The largest absolute Gasteiger partial charge is 0.481 e. The summed E-state index contributed by atoms with van der Waals surface area (Å²) in [5, 5.41) is 2.95. The smallest absolute Gasteiger partial charge is 0.416 e. The number of halogens is 3. The van der Waals surface area contributed by atoms with Gasteiger partial charge in [0.05, 0.1) is 36.3 Å². The van der Waals surface area contributed by atoms with E-state index in [0.717, 1.165) is 12.1 Å². The number of benzene rings is 1. The summed E-state index contributed by atoms with van der Waals surface area (Å²) < 4.78 is 43.7. The molecule has 2 heterocycles. The van der Waals surface area contributed by atoms with Crippen LogP contribution in [0, 0.1) is 6.92 Å². The summed E-state index contributed by atoms with van der Waals surface area (Å²) in [6.45, 7) is 1.85. The lowest BCUT2D eigenvalue weighted by Crippen LogP contribution is -2.40. The van der Waals surface area contributed by atoms with Crippen molar-refractivity contribution in [1.29, 1.82) is 0 Å². The minimum Gasteiger partial charge on any atom is -0.481 e. The molecule has 0 bridgehead atoms. The molecule has 0 radical (unpaired) electrons. The lowest BCUT2D eigenvalue weighted by Gasteiger charge is -2.31. The Bertz CT molecular complexity index is 806. The fourth-order valence-corrected chi connectivity index (χ4v) is 2.56. The summed E-state index contributed by atoms with van der Waals surface area (Å²) in [6.07, 6.45) is -4.50. The first kappa shape index (κ1) is 16.1. The molecule has 126 valence electrons. The summed E-state index contributed by atoms with van der Waals surface area (Å²) in [5.41, 5.74) is 0.550. The minimum absolute atomic E-state index is 0.0220. The number of aryl methyl sites for hydroxylation is 1. The molecule has 0 atom stereocenters. The van der Waals surface area contributed by atoms with Gasteiger partial charge in [-0.25, -0.2) is 4.98 Å². The molecule has 0 fully saturated rings. The summed E-state index contributed by atoms with van der Waals surface area (Å²) in [5.74, 6) is -0.113. The molecule has 1 aromatic heterocycles. The van der Waals surface area contributed by atoms with Crippen molar-refractivity contribution in [2.75, 3.05) is 24.0 Å². The van der Waals surface area contributed by atoms with Gasteiger partial charge in [0, 0.05) is 11.8 Å². The molecule has 1 N–H and O–H groups in total. The van der Waals surface area contributed by atoms with E-state index in [4.69, 9.17) is 4.74 Å². The third-order valence-corrected chi connectivity index (χ3v) is 3.78.